The van der Waals surface area contributed by atoms with E-state index in [0.29, 0.717) is 0 Å². The second-order valence-electron chi connectivity index (χ2n) is 3.23. The second kappa shape index (κ2) is 3.16. The van der Waals surface area contributed by atoms with Crippen LogP contribution in [-0.4, -0.2) is 20.2 Å². The van der Waals surface area contributed by atoms with Gasteiger partial charge in [-0.15, -0.1) is 0 Å². The number of aromatic nitrogens is 4. The minimum atomic E-state index is 0.717. The molecule has 0 aliphatic rings. The van der Waals surface area contributed by atoms with E-state index in [0.717, 1.165) is 22.4 Å². The van der Waals surface area contributed by atoms with E-state index in [-0.39, 0.29) is 0 Å². The van der Waals surface area contributed by atoms with Gasteiger partial charge in [-0.05, 0) is 0 Å². The number of nitrogens with one attached hydrogen (secondary N) is 1. The van der Waals surface area contributed by atoms with Crippen molar-refractivity contribution in [3.8, 4) is 11.3 Å². The van der Waals surface area contributed by atoms with Crippen molar-refractivity contribution >= 4 is 11.2 Å². The van der Waals surface area contributed by atoms with Crippen LogP contribution in [0.15, 0.2) is 42.7 Å². The topological polar surface area (TPSA) is 54.5 Å². The average molecular weight is 196 g/mol. The molecule has 0 saturated heterocycles. The Balaban J connectivity index is 2.19. The molecule has 4 heteroatoms. The summed E-state index contributed by atoms with van der Waals surface area (Å²) in [6, 6.07) is 9.96. The van der Waals surface area contributed by atoms with E-state index < -0.39 is 0 Å². The number of fused-ring (bicyclic) bond motifs is 1. The summed E-state index contributed by atoms with van der Waals surface area (Å²) < 4.78 is 0. The van der Waals surface area contributed by atoms with Crippen molar-refractivity contribution in [1.29, 1.82) is 0 Å². The van der Waals surface area contributed by atoms with Crippen molar-refractivity contribution in [2.24, 2.45) is 0 Å². The van der Waals surface area contributed by atoms with E-state index in [4.69, 9.17) is 0 Å². The van der Waals surface area contributed by atoms with E-state index in [2.05, 4.69) is 20.2 Å². The number of hydrogen-bond acceptors (Lipinski definition) is 3. The lowest BCUT2D eigenvalue weighted by Gasteiger charge is -1.98. The van der Waals surface area contributed by atoms with Gasteiger partial charge in [-0.25, -0.2) is 9.97 Å². The van der Waals surface area contributed by atoms with Gasteiger partial charge >= 0.3 is 0 Å². The standard InChI is InChI=1S/C11H8N4/c1-2-4-8(5-3-1)9-6-12-11-10(14-9)7-13-15-11/h1-7H,(H,12,13,15). The van der Waals surface area contributed by atoms with Crippen molar-refractivity contribution in [2.45, 2.75) is 0 Å². The molecular weight excluding hydrogens is 188 g/mol. The Bertz CT molecular complexity index is 586. The van der Waals surface area contributed by atoms with Gasteiger partial charge < -0.3 is 0 Å². The Morgan fingerprint density at radius 1 is 1.00 bits per heavy atom. The number of rotatable bonds is 1. The van der Waals surface area contributed by atoms with Crippen LogP contribution in [0, 0.1) is 0 Å². The van der Waals surface area contributed by atoms with Crippen molar-refractivity contribution in [2.75, 3.05) is 0 Å². The zero-order valence-corrected chi connectivity index (χ0v) is 7.88. The summed E-state index contributed by atoms with van der Waals surface area (Å²) in [7, 11) is 0. The molecule has 1 aromatic carbocycles. The van der Waals surface area contributed by atoms with Crippen LogP contribution in [0.4, 0.5) is 0 Å². The first-order chi connectivity index (χ1) is 7.43. The highest BCUT2D eigenvalue weighted by Gasteiger charge is 2.02. The Morgan fingerprint density at radius 2 is 1.87 bits per heavy atom. The molecule has 0 fully saturated rings. The molecule has 3 rings (SSSR count). The third-order valence-corrected chi connectivity index (χ3v) is 2.23. The highest BCUT2D eigenvalue weighted by molar-refractivity contribution is 5.72. The lowest BCUT2D eigenvalue weighted by atomic mass is 10.2. The van der Waals surface area contributed by atoms with E-state index in [1.54, 1.807) is 12.4 Å². The highest BCUT2D eigenvalue weighted by atomic mass is 15.1. The quantitative estimate of drug-likeness (QED) is 0.647. The fourth-order valence-corrected chi connectivity index (χ4v) is 1.48. The van der Waals surface area contributed by atoms with Gasteiger partial charge in [-0.3, -0.25) is 5.10 Å². The maximum Gasteiger partial charge on any atom is 0.174 e. The fourth-order valence-electron chi connectivity index (χ4n) is 1.48. The third-order valence-electron chi connectivity index (χ3n) is 2.23. The van der Waals surface area contributed by atoms with Crippen LogP contribution in [0.2, 0.25) is 0 Å². The van der Waals surface area contributed by atoms with Crippen molar-refractivity contribution in [3.05, 3.63) is 42.7 Å². The lowest BCUT2D eigenvalue weighted by Crippen LogP contribution is -1.86. The summed E-state index contributed by atoms with van der Waals surface area (Å²) in [5.74, 6) is 0. The zero-order chi connectivity index (χ0) is 10.1. The molecule has 0 saturated carbocycles. The molecule has 2 aromatic heterocycles. The summed E-state index contributed by atoms with van der Waals surface area (Å²) >= 11 is 0. The van der Waals surface area contributed by atoms with Gasteiger partial charge in [-0.1, -0.05) is 30.3 Å². The van der Waals surface area contributed by atoms with E-state index >= 15 is 0 Å². The monoisotopic (exact) mass is 196 g/mol. The molecule has 15 heavy (non-hydrogen) atoms. The maximum atomic E-state index is 4.45. The molecule has 0 bridgehead atoms. The van der Waals surface area contributed by atoms with Gasteiger partial charge in [-0.2, -0.15) is 5.10 Å². The van der Waals surface area contributed by atoms with Gasteiger partial charge in [0.05, 0.1) is 18.1 Å². The van der Waals surface area contributed by atoms with Crippen molar-refractivity contribution < 1.29 is 0 Å². The molecule has 0 radical (unpaired) electrons. The highest BCUT2D eigenvalue weighted by Crippen LogP contribution is 2.17. The van der Waals surface area contributed by atoms with E-state index in [1.165, 1.54) is 0 Å². The van der Waals surface area contributed by atoms with Crippen LogP contribution in [0.25, 0.3) is 22.4 Å². The molecule has 0 spiro atoms. The van der Waals surface area contributed by atoms with Crippen molar-refractivity contribution in [3.63, 3.8) is 0 Å². The van der Waals surface area contributed by atoms with Gasteiger partial charge in [0.1, 0.15) is 5.52 Å². The molecule has 4 nitrogen and oxygen atoms in total. The van der Waals surface area contributed by atoms with Crippen LogP contribution >= 0.6 is 0 Å². The van der Waals surface area contributed by atoms with Crippen LogP contribution in [0.3, 0.4) is 0 Å². The number of aromatic amines is 1. The molecule has 1 N–H and O–H groups in total. The average Bonchev–Trinajstić information content (AvgIpc) is 2.77. The van der Waals surface area contributed by atoms with Crippen LogP contribution in [0.5, 0.6) is 0 Å². The second-order valence-corrected chi connectivity index (χ2v) is 3.23. The van der Waals surface area contributed by atoms with Gasteiger partial charge in [0.15, 0.2) is 5.65 Å². The molecule has 3 aromatic rings. The van der Waals surface area contributed by atoms with Crippen LogP contribution < -0.4 is 0 Å². The first kappa shape index (κ1) is 8.11. The van der Waals surface area contributed by atoms with Crippen LogP contribution in [0.1, 0.15) is 0 Å². The minimum absolute atomic E-state index is 0.717. The maximum absolute atomic E-state index is 4.45. The summed E-state index contributed by atoms with van der Waals surface area (Å²) in [6.07, 6.45) is 3.42. The Hall–Kier alpha value is -2.23. The summed E-state index contributed by atoms with van der Waals surface area (Å²) in [5, 5.41) is 6.66. The molecule has 0 unspecified atom stereocenters. The molecule has 0 amide bonds. The molecule has 0 aliphatic heterocycles. The minimum Gasteiger partial charge on any atom is -0.259 e. The Morgan fingerprint density at radius 3 is 2.73 bits per heavy atom. The van der Waals surface area contributed by atoms with Crippen molar-refractivity contribution in [1.82, 2.24) is 20.2 Å². The Labute approximate surface area is 86.0 Å². The lowest BCUT2D eigenvalue weighted by molar-refractivity contribution is 1.10. The SMILES string of the molecule is c1ccc(-c2cnc3[nH]ncc3n2)cc1. The first-order valence-electron chi connectivity index (χ1n) is 4.65. The number of nitrogens with zero attached hydrogens (tertiary/aromatic N) is 3. The first-order valence-corrected chi connectivity index (χ1v) is 4.65. The third kappa shape index (κ3) is 1.36. The van der Waals surface area contributed by atoms with Gasteiger partial charge in [0, 0.05) is 5.56 Å². The smallest absolute Gasteiger partial charge is 0.174 e. The van der Waals surface area contributed by atoms with E-state index in [1.807, 2.05) is 30.3 Å². The number of H-pyrrole nitrogens is 1. The molecule has 72 valence electrons. The largest absolute Gasteiger partial charge is 0.259 e. The zero-order valence-electron chi connectivity index (χ0n) is 7.88. The number of benzene rings is 1. The summed E-state index contributed by atoms with van der Waals surface area (Å²) in [6.45, 7) is 0. The van der Waals surface area contributed by atoms with Gasteiger partial charge in [0.25, 0.3) is 0 Å². The molecule has 2 heterocycles. The summed E-state index contributed by atoms with van der Waals surface area (Å²) in [5.41, 5.74) is 3.43. The number of hydrogen-bond donors (Lipinski definition) is 1. The predicted molar refractivity (Wildman–Crippen MR) is 57.1 cm³/mol. The fraction of sp³-hybridized carbons (Fsp3) is 0. The molecule has 0 aliphatic carbocycles. The van der Waals surface area contributed by atoms with Gasteiger partial charge in [0.2, 0.25) is 0 Å². The Kier molecular flexibility index (Phi) is 1.71. The molecule has 0 atom stereocenters. The van der Waals surface area contributed by atoms with E-state index in [9.17, 15) is 0 Å². The molecular formula is C11H8N4. The van der Waals surface area contributed by atoms with Crippen LogP contribution in [-0.2, 0) is 0 Å². The normalized spacial score (nSPS) is 10.7. The summed E-state index contributed by atoms with van der Waals surface area (Å²) in [4.78, 5) is 8.69. The predicted octanol–water partition coefficient (Wildman–Crippen LogP) is 2.02.